The Kier molecular flexibility index (Phi) is 4.90. The molecule has 2 aliphatic heterocycles. The number of carbonyl (C=O) groups excluding carboxylic acids is 1. The number of fused-ring (bicyclic) bond motifs is 2. The van der Waals surface area contributed by atoms with Crippen molar-refractivity contribution < 1.29 is 31.5 Å². The number of aryl methyl sites for hydroxylation is 1. The largest absolute Gasteiger partial charge is 0.471 e. The van der Waals surface area contributed by atoms with Gasteiger partial charge in [-0.05, 0) is 24.5 Å². The van der Waals surface area contributed by atoms with Crippen LogP contribution >= 0.6 is 11.3 Å². The van der Waals surface area contributed by atoms with Crippen molar-refractivity contribution >= 4 is 17.2 Å². The number of amides is 1. The Bertz CT molecular complexity index is 1040. The third-order valence-electron chi connectivity index (χ3n) is 6.61. The molecule has 1 aliphatic carbocycles. The summed E-state index contributed by atoms with van der Waals surface area (Å²) in [7, 11) is 1.60. The van der Waals surface area contributed by atoms with Gasteiger partial charge < -0.3 is 9.64 Å². The number of thiophene rings is 1. The van der Waals surface area contributed by atoms with Crippen molar-refractivity contribution in [1.29, 1.82) is 0 Å². The third kappa shape index (κ3) is 3.60. The molecular weight excluding hydrogens is 455 g/mol. The lowest BCUT2D eigenvalue weighted by atomic mass is 9.79. The number of hydrogen-bond acceptors (Lipinski definition) is 5. The number of alkyl halides is 5. The quantitative estimate of drug-likeness (QED) is 0.613. The number of piperidine rings is 1. The van der Waals surface area contributed by atoms with Gasteiger partial charge in [-0.25, -0.2) is 8.78 Å². The minimum absolute atomic E-state index is 0.0985. The van der Waals surface area contributed by atoms with Crippen molar-refractivity contribution in [1.82, 2.24) is 19.9 Å². The average Bonchev–Trinajstić information content (AvgIpc) is 3.32. The summed E-state index contributed by atoms with van der Waals surface area (Å²) in [6.07, 6.45) is -2.96. The van der Waals surface area contributed by atoms with Gasteiger partial charge >= 0.3 is 12.1 Å². The van der Waals surface area contributed by atoms with E-state index in [1.165, 1.54) is 22.2 Å². The number of carbonyl (C=O) groups is 1. The van der Waals surface area contributed by atoms with Crippen LogP contribution in [0.4, 0.5) is 22.0 Å². The molecule has 2 unspecified atom stereocenters. The molecule has 1 saturated heterocycles. The molecule has 1 spiro atoms. The molecule has 2 fully saturated rings. The minimum atomic E-state index is -5.00. The van der Waals surface area contributed by atoms with Crippen molar-refractivity contribution in [3.8, 4) is 0 Å². The monoisotopic (exact) mass is 476 g/mol. The first kappa shape index (κ1) is 21.7. The Balaban J connectivity index is 1.49. The van der Waals surface area contributed by atoms with Gasteiger partial charge in [-0.15, -0.1) is 16.4 Å². The van der Waals surface area contributed by atoms with Gasteiger partial charge in [-0.1, -0.05) is 5.21 Å². The Labute approximate surface area is 184 Å². The zero-order valence-corrected chi connectivity index (χ0v) is 18.0. The number of nitrogens with zero attached hydrogens (tertiary/aromatic N) is 4. The molecule has 1 amide bonds. The number of halogens is 5. The maximum Gasteiger partial charge on any atom is 0.471 e. The molecule has 12 heteroatoms. The van der Waals surface area contributed by atoms with Gasteiger partial charge in [0.25, 0.3) is 0 Å². The van der Waals surface area contributed by atoms with E-state index in [4.69, 9.17) is 4.74 Å². The van der Waals surface area contributed by atoms with Crippen molar-refractivity contribution in [3.63, 3.8) is 0 Å². The third-order valence-corrected chi connectivity index (χ3v) is 8.13. The summed E-state index contributed by atoms with van der Waals surface area (Å²) in [5.74, 6) is -4.76. The number of hydrogen-bond donors (Lipinski definition) is 0. The van der Waals surface area contributed by atoms with Crippen LogP contribution in [0.25, 0.3) is 0 Å². The van der Waals surface area contributed by atoms with E-state index in [-0.39, 0.29) is 43.8 Å². The van der Waals surface area contributed by atoms with E-state index in [1.807, 2.05) is 6.07 Å². The molecule has 32 heavy (non-hydrogen) atoms. The first-order chi connectivity index (χ1) is 15.0. The SMILES string of the molecule is Cn1cc(C2CC3(CCN2C(=O)C(F)(F)F)OCCc2cc(C4CC(F)(F)C4)sc23)nn1. The molecule has 2 aromatic rings. The predicted molar refractivity (Wildman–Crippen MR) is 103 cm³/mol. The molecule has 1 saturated carbocycles. The van der Waals surface area contributed by atoms with Crippen LogP contribution in [-0.2, 0) is 28.6 Å². The van der Waals surface area contributed by atoms with E-state index >= 15 is 0 Å². The highest BCUT2D eigenvalue weighted by Crippen LogP contribution is 2.55. The molecule has 6 nitrogen and oxygen atoms in total. The van der Waals surface area contributed by atoms with Crippen LogP contribution in [-0.4, -0.2) is 51.1 Å². The standard InChI is InChI=1S/C20H21F5N4O2S/c1-28-10-13(26-27-28)14-9-18(3-4-29(14)17(30)20(23,24)25)16-11(2-5-31-18)6-15(32-16)12-7-19(21,22)8-12/h6,10,12,14H,2-5,7-9H2,1H3. The average molecular weight is 476 g/mol. The van der Waals surface area contributed by atoms with Gasteiger partial charge in [0.1, 0.15) is 11.3 Å². The number of rotatable bonds is 2. The van der Waals surface area contributed by atoms with Crippen LogP contribution < -0.4 is 0 Å². The fourth-order valence-electron chi connectivity index (χ4n) is 5.01. The van der Waals surface area contributed by atoms with Crippen LogP contribution in [0.1, 0.15) is 58.7 Å². The van der Waals surface area contributed by atoms with Gasteiger partial charge in [0.2, 0.25) is 5.92 Å². The molecule has 2 aromatic heterocycles. The summed E-state index contributed by atoms with van der Waals surface area (Å²) in [4.78, 5) is 14.7. The maximum atomic E-state index is 13.4. The molecule has 5 rings (SSSR count). The van der Waals surface area contributed by atoms with Crippen LogP contribution in [0.5, 0.6) is 0 Å². The fraction of sp³-hybridized carbons (Fsp3) is 0.650. The van der Waals surface area contributed by atoms with Gasteiger partial charge in [0.15, 0.2) is 0 Å². The van der Waals surface area contributed by atoms with Crippen molar-refractivity contribution in [3.05, 3.63) is 33.3 Å². The number of likely N-dealkylation sites (tertiary alicyclic amines) is 1. The van der Waals surface area contributed by atoms with E-state index in [0.717, 1.165) is 20.2 Å². The second-order valence-electron chi connectivity index (χ2n) is 8.84. The molecular formula is C20H21F5N4O2S. The van der Waals surface area contributed by atoms with E-state index in [9.17, 15) is 26.7 Å². The summed E-state index contributed by atoms with van der Waals surface area (Å²) in [5, 5.41) is 7.80. The lowest BCUT2D eigenvalue weighted by molar-refractivity contribution is -0.196. The summed E-state index contributed by atoms with van der Waals surface area (Å²) >= 11 is 1.42. The highest BCUT2D eigenvalue weighted by molar-refractivity contribution is 7.12. The number of aromatic nitrogens is 3. The van der Waals surface area contributed by atoms with Crippen LogP contribution in [0.3, 0.4) is 0 Å². The summed E-state index contributed by atoms with van der Waals surface area (Å²) in [6.45, 7) is 0.220. The Hall–Kier alpha value is -2.08. The van der Waals surface area contributed by atoms with Gasteiger partial charge in [0.05, 0.1) is 18.8 Å². The summed E-state index contributed by atoms with van der Waals surface area (Å²) in [5.41, 5.74) is 0.378. The van der Waals surface area contributed by atoms with E-state index in [1.54, 1.807) is 7.05 Å². The maximum absolute atomic E-state index is 13.4. The first-order valence-electron chi connectivity index (χ1n) is 10.4. The Morgan fingerprint density at radius 1 is 1.28 bits per heavy atom. The topological polar surface area (TPSA) is 60.2 Å². The molecule has 2 atom stereocenters. The predicted octanol–water partition coefficient (Wildman–Crippen LogP) is 4.08. The molecule has 0 bridgehead atoms. The lowest BCUT2D eigenvalue weighted by Crippen LogP contribution is -2.52. The van der Waals surface area contributed by atoms with Crippen molar-refractivity contribution in [2.45, 2.75) is 61.8 Å². The molecule has 0 N–H and O–H groups in total. The Morgan fingerprint density at radius 2 is 2.03 bits per heavy atom. The van der Waals surface area contributed by atoms with Crippen LogP contribution in [0.15, 0.2) is 12.3 Å². The van der Waals surface area contributed by atoms with Crippen molar-refractivity contribution in [2.24, 2.45) is 7.05 Å². The molecule has 174 valence electrons. The highest BCUT2D eigenvalue weighted by atomic mass is 32.1. The van der Waals surface area contributed by atoms with E-state index in [0.29, 0.717) is 13.0 Å². The van der Waals surface area contributed by atoms with Crippen molar-refractivity contribution in [2.75, 3.05) is 13.2 Å². The van der Waals surface area contributed by atoms with Gasteiger partial charge in [0, 0.05) is 48.5 Å². The van der Waals surface area contributed by atoms with Crippen LogP contribution in [0, 0.1) is 0 Å². The second-order valence-corrected chi connectivity index (χ2v) is 9.92. The molecule has 0 aromatic carbocycles. The summed E-state index contributed by atoms with van der Waals surface area (Å²) < 4.78 is 74.2. The fourth-order valence-corrected chi connectivity index (χ4v) is 6.51. The number of ether oxygens (including phenoxy) is 1. The summed E-state index contributed by atoms with van der Waals surface area (Å²) in [6, 6.07) is 0.991. The highest BCUT2D eigenvalue weighted by Gasteiger charge is 2.53. The zero-order valence-electron chi connectivity index (χ0n) is 17.2. The lowest BCUT2D eigenvalue weighted by Gasteiger charge is -2.47. The van der Waals surface area contributed by atoms with E-state index < -0.39 is 29.6 Å². The van der Waals surface area contributed by atoms with Crippen LogP contribution in [0.2, 0.25) is 0 Å². The van der Waals surface area contributed by atoms with Gasteiger partial charge in [-0.2, -0.15) is 13.2 Å². The first-order valence-corrected chi connectivity index (χ1v) is 11.2. The second kappa shape index (κ2) is 7.21. The molecule has 4 heterocycles. The molecule has 0 radical (unpaired) electrons. The molecule has 3 aliphatic rings. The Morgan fingerprint density at radius 3 is 2.66 bits per heavy atom. The van der Waals surface area contributed by atoms with Gasteiger partial charge in [-0.3, -0.25) is 9.48 Å². The minimum Gasteiger partial charge on any atom is -0.369 e. The van der Waals surface area contributed by atoms with E-state index in [2.05, 4.69) is 10.3 Å². The zero-order chi connectivity index (χ0) is 22.9. The smallest absolute Gasteiger partial charge is 0.369 e. The normalized spacial score (nSPS) is 27.9.